The fourth-order valence-electron chi connectivity index (χ4n) is 4.28. The van der Waals surface area contributed by atoms with Gasteiger partial charge >= 0.3 is 0 Å². The summed E-state index contributed by atoms with van der Waals surface area (Å²) in [5.74, 6) is 0.343. The zero-order valence-electron chi connectivity index (χ0n) is 14.7. The number of benzene rings is 1. The first-order chi connectivity index (χ1) is 12.1. The molecule has 0 radical (unpaired) electrons. The lowest BCUT2D eigenvalue weighted by Crippen LogP contribution is -2.50. The summed E-state index contributed by atoms with van der Waals surface area (Å²) >= 11 is 0. The molecule has 1 aliphatic carbocycles. The lowest BCUT2D eigenvalue weighted by atomic mass is 9.84. The van der Waals surface area contributed by atoms with Crippen LogP contribution >= 0.6 is 0 Å². The van der Waals surface area contributed by atoms with Crippen LogP contribution in [0, 0.1) is 17.2 Å². The van der Waals surface area contributed by atoms with Crippen LogP contribution in [0.25, 0.3) is 0 Å². The highest BCUT2D eigenvalue weighted by Crippen LogP contribution is 2.41. The SMILES string of the molecule is CN(CCC#N)C(=O)[C@@H]1C[C@@H]2CCCC[C@@H]2N1C(=O)c1ccccc1. The highest BCUT2D eigenvalue weighted by atomic mass is 16.2. The maximum absolute atomic E-state index is 13.2. The summed E-state index contributed by atoms with van der Waals surface area (Å²) in [6.07, 6.45) is 5.43. The Hall–Kier alpha value is -2.35. The van der Waals surface area contributed by atoms with Crippen LogP contribution in [0.1, 0.15) is 48.9 Å². The molecule has 2 aliphatic rings. The van der Waals surface area contributed by atoms with Gasteiger partial charge in [0.25, 0.3) is 5.91 Å². The van der Waals surface area contributed by atoms with E-state index in [1.165, 1.54) is 6.42 Å². The molecule has 3 atom stereocenters. The topological polar surface area (TPSA) is 64.4 Å². The third-order valence-corrected chi connectivity index (χ3v) is 5.56. The van der Waals surface area contributed by atoms with E-state index in [1.54, 1.807) is 11.9 Å². The van der Waals surface area contributed by atoms with Crippen molar-refractivity contribution in [1.29, 1.82) is 5.26 Å². The molecule has 1 saturated carbocycles. The van der Waals surface area contributed by atoms with E-state index >= 15 is 0 Å². The summed E-state index contributed by atoms with van der Waals surface area (Å²) in [6.45, 7) is 0.411. The Balaban J connectivity index is 1.85. The van der Waals surface area contributed by atoms with Gasteiger partial charge in [-0.1, -0.05) is 31.0 Å². The van der Waals surface area contributed by atoms with Crippen molar-refractivity contribution in [3.8, 4) is 6.07 Å². The number of nitriles is 1. The number of hydrogen-bond donors (Lipinski definition) is 0. The quantitative estimate of drug-likeness (QED) is 0.847. The van der Waals surface area contributed by atoms with E-state index in [0.29, 0.717) is 24.4 Å². The van der Waals surface area contributed by atoms with E-state index < -0.39 is 6.04 Å². The molecule has 1 aromatic rings. The van der Waals surface area contributed by atoms with Gasteiger partial charge in [0, 0.05) is 25.2 Å². The van der Waals surface area contributed by atoms with Crippen LogP contribution in [-0.4, -0.2) is 47.3 Å². The van der Waals surface area contributed by atoms with E-state index in [4.69, 9.17) is 5.26 Å². The van der Waals surface area contributed by atoms with E-state index in [1.807, 2.05) is 35.2 Å². The predicted octanol–water partition coefficient (Wildman–Crippen LogP) is 2.83. The molecule has 1 aromatic carbocycles. The van der Waals surface area contributed by atoms with Crippen molar-refractivity contribution in [1.82, 2.24) is 9.80 Å². The van der Waals surface area contributed by atoms with E-state index in [2.05, 4.69) is 6.07 Å². The second-order valence-electron chi connectivity index (χ2n) is 7.11. The minimum Gasteiger partial charge on any atom is -0.343 e. The predicted molar refractivity (Wildman–Crippen MR) is 94.6 cm³/mol. The molecule has 0 N–H and O–H groups in total. The van der Waals surface area contributed by atoms with Gasteiger partial charge in [0.2, 0.25) is 5.91 Å². The summed E-state index contributed by atoms with van der Waals surface area (Å²) < 4.78 is 0. The van der Waals surface area contributed by atoms with Crippen LogP contribution < -0.4 is 0 Å². The molecule has 1 aliphatic heterocycles. The maximum Gasteiger partial charge on any atom is 0.254 e. The molecule has 0 aromatic heterocycles. The van der Waals surface area contributed by atoms with E-state index in [0.717, 1.165) is 25.7 Å². The van der Waals surface area contributed by atoms with Gasteiger partial charge in [-0.15, -0.1) is 0 Å². The fraction of sp³-hybridized carbons (Fsp3) is 0.550. The standard InChI is InChI=1S/C20H25N3O2/c1-22(13-7-12-21)20(25)18-14-16-10-5-6-11-17(16)23(18)19(24)15-8-3-2-4-9-15/h2-4,8-9,16-18H,5-7,10-11,13-14H2,1H3/t16-,17-,18-/m0/s1. The molecule has 5 nitrogen and oxygen atoms in total. The van der Waals surface area contributed by atoms with Gasteiger partial charge in [0.15, 0.2) is 0 Å². The van der Waals surface area contributed by atoms with Gasteiger partial charge in [0.05, 0.1) is 12.5 Å². The number of hydrogen-bond acceptors (Lipinski definition) is 3. The lowest BCUT2D eigenvalue weighted by Gasteiger charge is -2.34. The largest absolute Gasteiger partial charge is 0.343 e. The van der Waals surface area contributed by atoms with Gasteiger partial charge in [-0.2, -0.15) is 5.26 Å². The van der Waals surface area contributed by atoms with Gasteiger partial charge in [-0.3, -0.25) is 9.59 Å². The van der Waals surface area contributed by atoms with Crippen LogP contribution in [0.15, 0.2) is 30.3 Å². The van der Waals surface area contributed by atoms with Crippen molar-refractivity contribution < 1.29 is 9.59 Å². The number of fused-ring (bicyclic) bond motifs is 1. The molecule has 1 heterocycles. The van der Waals surface area contributed by atoms with Crippen molar-refractivity contribution in [3.63, 3.8) is 0 Å². The summed E-state index contributed by atoms with van der Waals surface area (Å²) in [6, 6.07) is 11.1. The first-order valence-corrected chi connectivity index (χ1v) is 9.13. The number of likely N-dealkylation sites (tertiary alicyclic amines) is 1. The third-order valence-electron chi connectivity index (χ3n) is 5.56. The second kappa shape index (κ2) is 7.69. The van der Waals surface area contributed by atoms with Gasteiger partial charge in [-0.05, 0) is 37.3 Å². The van der Waals surface area contributed by atoms with Gasteiger partial charge in [-0.25, -0.2) is 0 Å². The second-order valence-corrected chi connectivity index (χ2v) is 7.11. The monoisotopic (exact) mass is 339 g/mol. The number of nitrogens with zero attached hydrogens (tertiary/aromatic N) is 3. The zero-order chi connectivity index (χ0) is 17.8. The number of carbonyl (C=O) groups is 2. The molecule has 0 spiro atoms. The normalized spacial score (nSPS) is 25.1. The molecule has 5 heteroatoms. The Labute approximate surface area is 149 Å². The van der Waals surface area contributed by atoms with Crippen LogP contribution in [0.4, 0.5) is 0 Å². The van der Waals surface area contributed by atoms with Crippen LogP contribution in [-0.2, 0) is 4.79 Å². The van der Waals surface area contributed by atoms with Crippen molar-refractivity contribution in [2.45, 2.75) is 50.6 Å². The first kappa shape index (κ1) is 17.5. The van der Waals surface area contributed by atoms with Crippen molar-refractivity contribution >= 4 is 11.8 Å². The smallest absolute Gasteiger partial charge is 0.254 e. The zero-order valence-corrected chi connectivity index (χ0v) is 14.7. The highest BCUT2D eigenvalue weighted by Gasteiger charge is 2.48. The molecule has 2 fully saturated rings. The molecule has 1 saturated heterocycles. The lowest BCUT2D eigenvalue weighted by molar-refractivity contribution is -0.134. The average molecular weight is 339 g/mol. The van der Waals surface area contributed by atoms with Crippen LogP contribution in [0.5, 0.6) is 0 Å². The molecule has 2 amide bonds. The van der Waals surface area contributed by atoms with Crippen molar-refractivity contribution in [2.75, 3.05) is 13.6 Å². The summed E-state index contributed by atoms with van der Waals surface area (Å²) in [4.78, 5) is 29.6. The number of carbonyl (C=O) groups excluding carboxylic acids is 2. The highest BCUT2D eigenvalue weighted by molar-refractivity contribution is 5.98. The Morgan fingerprint density at radius 2 is 1.96 bits per heavy atom. The fourth-order valence-corrected chi connectivity index (χ4v) is 4.28. The van der Waals surface area contributed by atoms with Gasteiger partial charge < -0.3 is 9.80 Å². The number of amides is 2. The number of rotatable bonds is 4. The van der Waals surface area contributed by atoms with Crippen LogP contribution in [0.2, 0.25) is 0 Å². The summed E-state index contributed by atoms with van der Waals surface area (Å²) in [5.41, 5.74) is 0.645. The average Bonchev–Trinajstić information content (AvgIpc) is 3.05. The third kappa shape index (κ3) is 3.53. The number of likely N-dealkylation sites (N-methyl/N-ethyl adjacent to an activating group) is 1. The van der Waals surface area contributed by atoms with Crippen LogP contribution in [0.3, 0.4) is 0 Å². The maximum atomic E-state index is 13.2. The Morgan fingerprint density at radius 1 is 1.24 bits per heavy atom. The minimum absolute atomic E-state index is 0.0334. The molecule has 0 unspecified atom stereocenters. The van der Waals surface area contributed by atoms with Gasteiger partial charge in [0.1, 0.15) is 6.04 Å². The minimum atomic E-state index is -0.399. The Bertz CT molecular complexity index is 667. The molecular weight excluding hydrogens is 314 g/mol. The molecular formula is C20H25N3O2. The van der Waals surface area contributed by atoms with E-state index in [9.17, 15) is 9.59 Å². The van der Waals surface area contributed by atoms with Crippen molar-refractivity contribution in [2.24, 2.45) is 5.92 Å². The molecule has 0 bridgehead atoms. The Kier molecular flexibility index (Phi) is 5.37. The van der Waals surface area contributed by atoms with E-state index in [-0.39, 0.29) is 17.9 Å². The summed E-state index contributed by atoms with van der Waals surface area (Å²) in [5, 5.41) is 8.77. The molecule has 132 valence electrons. The molecule has 25 heavy (non-hydrogen) atoms. The van der Waals surface area contributed by atoms with Crippen molar-refractivity contribution in [3.05, 3.63) is 35.9 Å². The first-order valence-electron chi connectivity index (χ1n) is 9.13. The molecule has 3 rings (SSSR count). The Morgan fingerprint density at radius 3 is 2.68 bits per heavy atom. The summed E-state index contributed by atoms with van der Waals surface area (Å²) in [7, 11) is 1.73.